The quantitative estimate of drug-likeness (QED) is 0.526. The largest absolute Gasteiger partial charge is 0.0804 e. The van der Waals surface area contributed by atoms with Crippen LogP contribution in [0.15, 0.2) is 23.3 Å². The van der Waals surface area contributed by atoms with Crippen molar-refractivity contribution < 1.29 is 0 Å². The summed E-state index contributed by atoms with van der Waals surface area (Å²) in [5.41, 5.74) is 2.86. The topological polar surface area (TPSA) is 0 Å². The van der Waals surface area contributed by atoms with Crippen molar-refractivity contribution in [3.8, 4) is 0 Å². The lowest BCUT2D eigenvalue weighted by molar-refractivity contribution is 0.733. The van der Waals surface area contributed by atoms with E-state index in [-0.39, 0.29) is 4.32 Å². The number of rotatable bonds is 0. The number of halogens is 1. The molecule has 0 radical (unpaired) electrons. The molecule has 0 nitrogen and oxygen atoms in total. The van der Waals surface area contributed by atoms with Crippen LogP contribution in [0.2, 0.25) is 0 Å². The highest BCUT2D eigenvalue weighted by Gasteiger charge is 2.24. The Balaban J connectivity index is 2.89. The molecule has 1 heteroatoms. The molecule has 0 aromatic heterocycles. The van der Waals surface area contributed by atoms with E-state index in [1.54, 1.807) is 0 Å². The summed E-state index contributed by atoms with van der Waals surface area (Å²) in [4.78, 5) is 0. The molecule has 0 saturated carbocycles. The normalized spacial score (nSPS) is 33.2. The van der Waals surface area contributed by atoms with E-state index in [0.717, 1.165) is 6.42 Å². The lowest BCUT2D eigenvalue weighted by Gasteiger charge is -2.26. The minimum atomic E-state index is 0.214. The number of hydrogen-bond acceptors (Lipinski definition) is 0. The molecule has 10 heavy (non-hydrogen) atoms. The average molecular weight is 201 g/mol. The predicted octanol–water partition coefficient (Wildman–Crippen LogP) is 3.44. The third-order valence-corrected chi connectivity index (χ3v) is 2.96. The van der Waals surface area contributed by atoms with Crippen molar-refractivity contribution in [1.82, 2.24) is 0 Å². The fourth-order valence-electron chi connectivity index (χ4n) is 1.16. The summed E-state index contributed by atoms with van der Waals surface area (Å²) in [5.74, 6) is 0. The Labute approximate surface area is 71.1 Å². The smallest absolute Gasteiger partial charge is 0.0475 e. The number of allylic oxidation sites excluding steroid dienone is 4. The summed E-state index contributed by atoms with van der Waals surface area (Å²) in [6, 6.07) is 0. The number of hydrogen-bond donors (Lipinski definition) is 0. The molecule has 1 aliphatic carbocycles. The van der Waals surface area contributed by atoms with E-state index in [2.05, 4.69) is 48.9 Å². The molecule has 0 bridgehead atoms. The molecule has 1 rings (SSSR count). The van der Waals surface area contributed by atoms with Gasteiger partial charge < -0.3 is 0 Å². The van der Waals surface area contributed by atoms with Crippen molar-refractivity contribution in [1.29, 1.82) is 0 Å². The molecule has 1 atom stereocenters. The van der Waals surface area contributed by atoms with Crippen LogP contribution in [0.4, 0.5) is 0 Å². The molecule has 0 aromatic carbocycles. The van der Waals surface area contributed by atoms with Crippen molar-refractivity contribution in [2.45, 2.75) is 31.5 Å². The molecule has 0 heterocycles. The van der Waals surface area contributed by atoms with Crippen LogP contribution in [0, 0.1) is 0 Å². The van der Waals surface area contributed by atoms with Gasteiger partial charge in [-0.25, -0.2) is 0 Å². The maximum Gasteiger partial charge on any atom is 0.0475 e. The molecule has 1 aliphatic rings. The molecule has 0 N–H and O–H groups in total. The zero-order valence-corrected chi connectivity index (χ0v) is 8.33. The Bertz CT molecular complexity index is 197. The average Bonchev–Trinajstić information content (AvgIpc) is 1.78. The van der Waals surface area contributed by atoms with E-state index in [1.807, 2.05) is 0 Å². The van der Waals surface area contributed by atoms with Crippen LogP contribution < -0.4 is 0 Å². The minimum Gasteiger partial charge on any atom is -0.0804 e. The monoisotopic (exact) mass is 200 g/mol. The van der Waals surface area contributed by atoms with Gasteiger partial charge in [0.2, 0.25) is 0 Å². The van der Waals surface area contributed by atoms with Gasteiger partial charge in [0.05, 0.1) is 0 Å². The zero-order valence-electron chi connectivity index (χ0n) is 6.74. The maximum atomic E-state index is 3.69. The Kier molecular flexibility index (Phi) is 2.04. The van der Waals surface area contributed by atoms with Crippen molar-refractivity contribution in [3.05, 3.63) is 23.3 Å². The fraction of sp³-hybridized carbons (Fsp3) is 0.556. The first-order chi connectivity index (χ1) is 4.52. The van der Waals surface area contributed by atoms with Gasteiger partial charge in [0, 0.05) is 4.32 Å². The minimum absolute atomic E-state index is 0.214. The first-order valence-corrected chi connectivity index (χ1v) is 4.35. The van der Waals surface area contributed by atoms with Crippen LogP contribution in [-0.2, 0) is 0 Å². The second-order valence-electron chi connectivity index (χ2n) is 3.24. The van der Waals surface area contributed by atoms with Crippen molar-refractivity contribution in [3.63, 3.8) is 0 Å². The van der Waals surface area contributed by atoms with Crippen LogP contribution in [0.1, 0.15) is 27.2 Å². The molecular weight excluding hydrogens is 188 g/mol. The fourth-order valence-corrected chi connectivity index (χ4v) is 1.74. The molecule has 0 spiro atoms. The van der Waals surface area contributed by atoms with E-state index in [1.165, 1.54) is 11.1 Å². The Hall–Kier alpha value is -0.0400. The summed E-state index contributed by atoms with van der Waals surface area (Å²) < 4.78 is 0.214. The SMILES string of the molecule is CC1=CC=C(C)C(C)(Br)C1. The molecule has 0 saturated heterocycles. The summed E-state index contributed by atoms with van der Waals surface area (Å²) in [7, 11) is 0. The molecule has 0 aromatic rings. The van der Waals surface area contributed by atoms with E-state index in [0.29, 0.717) is 0 Å². The molecular formula is C9H13Br. The third-order valence-electron chi connectivity index (χ3n) is 2.05. The van der Waals surface area contributed by atoms with E-state index in [9.17, 15) is 0 Å². The Morgan fingerprint density at radius 3 is 2.40 bits per heavy atom. The van der Waals surface area contributed by atoms with Crippen LogP contribution in [-0.4, -0.2) is 4.32 Å². The standard InChI is InChI=1S/C9H13Br/c1-7-4-5-8(2)9(3,10)6-7/h4-5H,6H2,1-3H3. The first-order valence-electron chi connectivity index (χ1n) is 3.56. The Morgan fingerprint density at radius 1 is 1.40 bits per heavy atom. The molecule has 0 fully saturated rings. The highest BCUT2D eigenvalue weighted by molar-refractivity contribution is 9.10. The summed E-state index contributed by atoms with van der Waals surface area (Å²) in [5, 5.41) is 0. The molecule has 1 unspecified atom stereocenters. The van der Waals surface area contributed by atoms with Gasteiger partial charge >= 0.3 is 0 Å². The maximum absolute atomic E-state index is 3.69. The lowest BCUT2D eigenvalue weighted by Crippen LogP contribution is -2.19. The summed E-state index contributed by atoms with van der Waals surface area (Å²) in [6.07, 6.45) is 5.52. The highest BCUT2D eigenvalue weighted by Crippen LogP contribution is 2.36. The third kappa shape index (κ3) is 1.51. The van der Waals surface area contributed by atoms with Gasteiger partial charge in [-0.3, -0.25) is 0 Å². The highest BCUT2D eigenvalue weighted by atomic mass is 79.9. The molecule has 0 amide bonds. The predicted molar refractivity (Wildman–Crippen MR) is 49.5 cm³/mol. The van der Waals surface area contributed by atoms with Gasteiger partial charge in [-0.05, 0) is 27.2 Å². The van der Waals surface area contributed by atoms with Gasteiger partial charge in [-0.1, -0.05) is 39.2 Å². The molecule has 56 valence electrons. The van der Waals surface area contributed by atoms with E-state index >= 15 is 0 Å². The van der Waals surface area contributed by atoms with Crippen LogP contribution in [0.5, 0.6) is 0 Å². The van der Waals surface area contributed by atoms with Crippen molar-refractivity contribution in [2.24, 2.45) is 0 Å². The van der Waals surface area contributed by atoms with Gasteiger partial charge in [0.15, 0.2) is 0 Å². The van der Waals surface area contributed by atoms with Gasteiger partial charge in [-0.2, -0.15) is 0 Å². The Morgan fingerprint density at radius 2 is 2.00 bits per heavy atom. The zero-order chi connectivity index (χ0) is 7.78. The van der Waals surface area contributed by atoms with Gasteiger partial charge in [0.25, 0.3) is 0 Å². The number of alkyl halides is 1. The van der Waals surface area contributed by atoms with Crippen LogP contribution in [0.3, 0.4) is 0 Å². The van der Waals surface area contributed by atoms with Gasteiger partial charge in [-0.15, -0.1) is 0 Å². The van der Waals surface area contributed by atoms with Crippen LogP contribution >= 0.6 is 15.9 Å². The van der Waals surface area contributed by atoms with Crippen molar-refractivity contribution >= 4 is 15.9 Å². The summed E-state index contributed by atoms with van der Waals surface area (Å²) >= 11 is 3.69. The second-order valence-corrected chi connectivity index (χ2v) is 4.99. The summed E-state index contributed by atoms with van der Waals surface area (Å²) in [6.45, 7) is 6.55. The van der Waals surface area contributed by atoms with Gasteiger partial charge in [0.1, 0.15) is 0 Å². The van der Waals surface area contributed by atoms with E-state index < -0.39 is 0 Å². The molecule has 0 aliphatic heterocycles. The lowest BCUT2D eigenvalue weighted by atomic mass is 9.90. The second kappa shape index (κ2) is 2.54. The first kappa shape index (κ1) is 8.06. The van der Waals surface area contributed by atoms with E-state index in [4.69, 9.17) is 0 Å². The van der Waals surface area contributed by atoms with Crippen molar-refractivity contribution in [2.75, 3.05) is 0 Å². The van der Waals surface area contributed by atoms with Crippen LogP contribution in [0.25, 0.3) is 0 Å².